The molecular formula is C19H18N2O6S2. The standard InChI is InChI=1S/C19H18N2O6S2/c1-21-18(19(24)14-5-3-4-6-16(14)29(21,25)26)15(22)8-7-13-9-12(11-28-13)20-17(23)10-27-2/h3-9,11,24H,10H2,1-2H3,(H,20,23). The number of hydrogen-bond acceptors (Lipinski definition) is 7. The number of sulfonamides is 1. The molecule has 2 N–H and O–H groups in total. The molecule has 0 spiro atoms. The zero-order valence-electron chi connectivity index (χ0n) is 15.6. The van der Waals surface area contributed by atoms with Crippen molar-refractivity contribution in [3.05, 3.63) is 57.9 Å². The van der Waals surface area contributed by atoms with Gasteiger partial charge in [-0.15, -0.1) is 11.3 Å². The highest BCUT2D eigenvalue weighted by atomic mass is 32.2. The van der Waals surface area contributed by atoms with E-state index in [1.807, 2.05) is 0 Å². The molecule has 1 aliphatic heterocycles. The maximum absolute atomic E-state index is 12.7. The lowest BCUT2D eigenvalue weighted by Gasteiger charge is -2.27. The van der Waals surface area contributed by atoms with E-state index in [1.54, 1.807) is 23.6 Å². The molecule has 2 aromatic rings. The molecule has 8 nitrogen and oxygen atoms in total. The van der Waals surface area contributed by atoms with Gasteiger partial charge in [0.15, 0.2) is 5.76 Å². The third-order valence-corrected chi connectivity index (χ3v) is 6.84. The van der Waals surface area contributed by atoms with Crippen molar-refractivity contribution < 1.29 is 27.9 Å². The second-order valence-electron chi connectivity index (χ2n) is 6.08. The Labute approximate surface area is 171 Å². The summed E-state index contributed by atoms with van der Waals surface area (Å²) in [6.07, 6.45) is 2.67. The van der Waals surface area contributed by atoms with E-state index in [4.69, 9.17) is 4.74 Å². The summed E-state index contributed by atoms with van der Waals surface area (Å²) < 4.78 is 30.8. The van der Waals surface area contributed by atoms with Gasteiger partial charge < -0.3 is 15.2 Å². The Morgan fingerprint density at radius 3 is 2.76 bits per heavy atom. The Kier molecular flexibility index (Phi) is 5.87. The van der Waals surface area contributed by atoms with Gasteiger partial charge in [-0.05, 0) is 30.4 Å². The van der Waals surface area contributed by atoms with Crippen LogP contribution in [0.25, 0.3) is 11.8 Å². The number of anilines is 1. The summed E-state index contributed by atoms with van der Waals surface area (Å²) in [5, 5.41) is 14.8. The van der Waals surface area contributed by atoms with Gasteiger partial charge in [0, 0.05) is 30.0 Å². The number of amides is 1. The number of fused-ring (bicyclic) bond motifs is 1. The summed E-state index contributed by atoms with van der Waals surface area (Å²) >= 11 is 1.28. The van der Waals surface area contributed by atoms with Gasteiger partial charge in [-0.25, -0.2) is 8.42 Å². The van der Waals surface area contributed by atoms with E-state index in [0.717, 1.165) is 4.31 Å². The number of thiophene rings is 1. The lowest BCUT2D eigenvalue weighted by molar-refractivity contribution is -0.119. The number of nitrogens with one attached hydrogen (secondary N) is 1. The van der Waals surface area contributed by atoms with Crippen LogP contribution < -0.4 is 5.32 Å². The molecule has 1 amide bonds. The van der Waals surface area contributed by atoms with E-state index in [-0.39, 0.29) is 28.7 Å². The molecule has 29 heavy (non-hydrogen) atoms. The first-order valence-corrected chi connectivity index (χ1v) is 10.7. The topological polar surface area (TPSA) is 113 Å². The van der Waals surface area contributed by atoms with Crippen LogP contribution in [0.1, 0.15) is 10.4 Å². The van der Waals surface area contributed by atoms with E-state index in [2.05, 4.69) is 5.32 Å². The number of ether oxygens (including phenoxy) is 1. The lowest BCUT2D eigenvalue weighted by Crippen LogP contribution is -2.34. The van der Waals surface area contributed by atoms with Crippen LogP contribution in [0.5, 0.6) is 0 Å². The van der Waals surface area contributed by atoms with Crippen molar-refractivity contribution >= 4 is 50.6 Å². The summed E-state index contributed by atoms with van der Waals surface area (Å²) in [5.74, 6) is -1.37. The van der Waals surface area contributed by atoms with Crippen LogP contribution in [-0.4, -0.2) is 50.3 Å². The number of methoxy groups -OCH3 is 1. The van der Waals surface area contributed by atoms with Crippen molar-refractivity contribution in [1.82, 2.24) is 4.31 Å². The summed E-state index contributed by atoms with van der Waals surface area (Å²) in [7, 11) is -1.31. The fraction of sp³-hybridized carbons (Fsp3) is 0.158. The number of hydrogen-bond donors (Lipinski definition) is 2. The number of aliphatic hydroxyl groups is 1. The number of carbonyl (C=O) groups is 2. The number of rotatable bonds is 6. The highest BCUT2D eigenvalue weighted by molar-refractivity contribution is 7.89. The number of likely N-dealkylation sites (N-methyl/N-ethyl adjacent to an activating group) is 1. The van der Waals surface area contributed by atoms with Crippen molar-refractivity contribution in [3.8, 4) is 0 Å². The largest absolute Gasteiger partial charge is 0.505 e. The molecule has 0 saturated heterocycles. The molecule has 10 heteroatoms. The van der Waals surface area contributed by atoms with Crippen LogP contribution in [0.3, 0.4) is 0 Å². The Morgan fingerprint density at radius 1 is 1.31 bits per heavy atom. The van der Waals surface area contributed by atoms with Gasteiger partial charge >= 0.3 is 0 Å². The zero-order chi connectivity index (χ0) is 21.2. The average molecular weight is 434 g/mol. The SMILES string of the molecule is COCC(=O)Nc1csc(C=CC(=O)C2=C(O)c3ccccc3S(=O)(=O)N2C)c1. The van der Waals surface area contributed by atoms with Crippen molar-refractivity contribution in [3.63, 3.8) is 0 Å². The Bertz CT molecular complexity index is 1130. The van der Waals surface area contributed by atoms with Crippen molar-refractivity contribution in [1.29, 1.82) is 0 Å². The first kappa shape index (κ1) is 20.8. The van der Waals surface area contributed by atoms with Gasteiger partial charge in [-0.1, -0.05) is 12.1 Å². The maximum Gasteiger partial charge on any atom is 0.265 e. The van der Waals surface area contributed by atoms with Crippen LogP contribution in [0, 0.1) is 0 Å². The first-order chi connectivity index (χ1) is 13.8. The Hall–Kier alpha value is -2.95. The third-order valence-electron chi connectivity index (χ3n) is 4.13. The maximum atomic E-state index is 12.7. The molecule has 0 radical (unpaired) electrons. The normalized spacial score (nSPS) is 15.4. The summed E-state index contributed by atoms with van der Waals surface area (Å²) in [4.78, 5) is 24.8. The number of allylic oxidation sites excluding steroid dienone is 1. The molecule has 0 saturated carbocycles. The van der Waals surface area contributed by atoms with Crippen LogP contribution in [0.15, 0.2) is 52.4 Å². The smallest absolute Gasteiger partial charge is 0.265 e. The summed E-state index contributed by atoms with van der Waals surface area (Å²) in [5.41, 5.74) is 0.309. The second kappa shape index (κ2) is 8.19. The van der Waals surface area contributed by atoms with Crippen molar-refractivity contribution in [2.75, 3.05) is 26.1 Å². The third kappa shape index (κ3) is 4.09. The highest BCUT2D eigenvalue weighted by Crippen LogP contribution is 2.34. The quantitative estimate of drug-likeness (QED) is 0.676. The number of carbonyl (C=O) groups excluding carboxylic acids is 2. The minimum absolute atomic E-state index is 0.0600. The molecule has 1 aromatic heterocycles. The van der Waals surface area contributed by atoms with Crippen molar-refractivity contribution in [2.24, 2.45) is 0 Å². The van der Waals surface area contributed by atoms with Gasteiger partial charge in [0.05, 0.1) is 10.6 Å². The zero-order valence-corrected chi connectivity index (χ0v) is 17.2. The second-order valence-corrected chi connectivity index (χ2v) is 8.96. The van der Waals surface area contributed by atoms with E-state index in [1.165, 1.54) is 49.8 Å². The first-order valence-electron chi connectivity index (χ1n) is 8.37. The van der Waals surface area contributed by atoms with E-state index in [0.29, 0.717) is 10.6 Å². The number of aliphatic hydroxyl groups excluding tert-OH is 1. The lowest BCUT2D eigenvalue weighted by atomic mass is 10.1. The van der Waals surface area contributed by atoms with Gasteiger partial charge in [0.25, 0.3) is 10.0 Å². The molecule has 2 heterocycles. The predicted molar refractivity (Wildman–Crippen MR) is 110 cm³/mol. The van der Waals surface area contributed by atoms with E-state index >= 15 is 0 Å². The fourth-order valence-electron chi connectivity index (χ4n) is 2.77. The van der Waals surface area contributed by atoms with Crippen molar-refractivity contribution in [2.45, 2.75) is 4.90 Å². The van der Waals surface area contributed by atoms with Gasteiger partial charge in [-0.2, -0.15) is 0 Å². The molecule has 152 valence electrons. The number of nitrogens with zero attached hydrogens (tertiary/aromatic N) is 1. The van der Waals surface area contributed by atoms with Gasteiger partial charge in [0.2, 0.25) is 11.7 Å². The average Bonchev–Trinajstić information content (AvgIpc) is 3.12. The molecule has 0 bridgehead atoms. The minimum Gasteiger partial charge on any atom is -0.505 e. The highest BCUT2D eigenvalue weighted by Gasteiger charge is 2.36. The molecule has 1 aliphatic rings. The van der Waals surface area contributed by atoms with E-state index in [9.17, 15) is 23.1 Å². The number of ketones is 1. The molecule has 0 unspecified atom stereocenters. The molecular weight excluding hydrogens is 416 g/mol. The monoisotopic (exact) mass is 434 g/mol. The number of benzene rings is 1. The Balaban J connectivity index is 1.86. The molecule has 0 atom stereocenters. The Morgan fingerprint density at radius 2 is 2.03 bits per heavy atom. The van der Waals surface area contributed by atoms with Crippen LogP contribution in [0.4, 0.5) is 5.69 Å². The molecule has 1 aromatic carbocycles. The summed E-state index contributed by atoms with van der Waals surface area (Å²) in [6.45, 7) is -0.0742. The van der Waals surface area contributed by atoms with Crippen LogP contribution in [0.2, 0.25) is 0 Å². The fourth-order valence-corrected chi connectivity index (χ4v) is 4.91. The van der Waals surface area contributed by atoms with Gasteiger partial charge in [-0.3, -0.25) is 13.9 Å². The minimum atomic E-state index is -3.94. The van der Waals surface area contributed by atoms with Gasteiger partial charge in [0.1, 0.15) is 12.3 Å². The van der Waals surface area contributed by atoms with E-state index < -0.39 is 21.6 Å². The van der Waals surface area contributed by atoms with Crippen LogP contribution >= 0.6 is 11.3 Å². The van der Waals surface area contributed by atoms with Crippen LogP contribution in [-0.2, 0) is 24.3 Å². The predicted octanol–water partition coefficient (Wildman–Crippen LogP) is 2.48. The molecule has 3 rings (SSSR count). The molecule has 0 fully saturated rings. The summed E-state index contributed by atoms with van der Waals surface area (Å²) in [6, 6.07) is 7.61. The molecule has 0 aliphatic carbocycles.